The molecule has 1 amide bonds. The summed E-state index contributed by atoms with van der Waals surface area (Å²) in [7, 11) is 0. The molecule has 2 aromatic rings. The molecule has 2 aromatic heterocycles. The molecule has 2 unspecified atom stereocenters. The lowest BCUT2D eigenvalue weighted by Crippen LogP contribution is -2.34. The van der Waals surface area contributed by atoms with E-state index in [0.29, 0.717) is 10.6 Å². The van der Waals surface area contributed by atoms with Crippen molar-refractivity contribution < 1.29 is 4.79 Å². The van der Waals surface area contributed by atoms with Gasteiger partial charge >= 0.3 is 0 Å². The molecule has 90 valence electrons. The average Bonchev–Trinajstić information content (AvgIpc) is 2.98. The number of hydrogen-bond acceptors (Lipinski definition) is 5. The summed E-state index contributed by atoms with van der Waals surface area (Å²) in [5.74, 6) is -1.67. The highest BCUT2D eigenvalue weighted by Crippen LogP contribution is 2.41. The Morgan fingerprint density at radius 2 is 2.22 bits per heavy atom. The lowest BCUT2D eigenvalue weighted by molar-refractivity contribution is -0.118. The largest absolute Gasteiger partial charge is 0.315 e. The predicted octanol–water partition coefficient (Wildman–Crippen LogP) is 1.72. The summed E-state index contributed by atoms with van der Waals surface area (Å²) in [6, 6.07) is 5.69. The number of carbonyl (C=O) groups excluding carboxylic acids is 1. The van der Waals surface area contributed by atoms with E-state index in [-0.39, 0.29) is 11.5 Å². The van der Waals surface area contributed by atoms with Gasteiger partial charge in [0.25, 0.3) is 5.56 Å². The fourth-order valence-corrected chi connectivity index (χ4v) is 3.76. The number of hydrogen-bond donors (Lipinski definition) is 2. The molecule has 18 heavy (non-hydrogen) atoms. The van der Waals surface area contributed by atoms with Crippen LogP contribution in [-0.2, 0) is 4.79 Å². The number of thiophene rings is 1. The Labute approximate surface area is 110 Å². The van der Waals surface area contributed by atoms with E-state index >= 15 is 0 Å². The molecular formula is C11H7N3O2S2. The van der Waals surface area contributed by atoms with Crippen molar-refractivity contribution in [1.29, 1.82) is 5.26 Å². The van der Waals surface area contributed by atoms with Gasteiger partial charge in [0.05, 0.1) is 17.6 Å². The third-order valence-corrected chi connectivity index (χ3v) is 4.66. The highest BCUT2D eigenvalue weighted by atomic mass is 32.1. The Bertz CT molecular complexity index is 693. The van der Waals surface area contributed by atoms with Crippen LogP contribution < -0.4 is 10.9 Å². The van der Waals surface area contributed by atoms with Crippen molar-refractivity contribution in [1.82, 2.24) is 4.37 Å². The molecule has 3 rings (SSSR count). The molecule has 5 nitrogen and oxygen atoms in total. The molecule has 0 bridgehead atoms. The number of rotatable bonds is 1. The maximum Gasteiger partial charge on any atom is 0.264 e. The van der Waals surface area contributed by atoms with Crippen LogP contribution in [0.15, 0.2) is 22.3 Å². The first-order valence-corrected chi connectivity index (χ1v) is 6.87. The summed E-state index contributed by atoms with van der Waals surface area (Å²) in [4.78, 5) is 24.6. The van der Waals surface area contributed by atoms with Gasteiger partial charge in [0.15, 0.2) is 0 Å². The summed E-state index contributed by atoms with van der Waals surface area (Å²) in [6.45, 7) is 0. The lowest BCUT2D eigenvalue weighted by Gasteiger charge is -2.24. The van der Waals surface area contributed by atoms with E-state index in [0.717, 1.165) is 16.4 Å². The van der Waals surface area contributed by atoms with Gasteiger partial charge in [-0.3, -0.25) is 14.0 Å². The topological polar surface area (TPSA) is 85.8 Å². The first-order valence-electron chi connectivity index (χ1n) is 5.17. The van der Waals surface area contributed by atoms with E-state index in [2.05, 4.69) is 9.69 Å². The number of nitrogens with one attached hydrogen (secondary N) is 2. The van der Waals surface area contributed by atoms with Gasteiger partial charge in [-0.05, 0) is 23.0 Å². The SMILES string of the molecule is N#CC1C(=O)Nc2s[nH]c(=O)c2C1c1cccs1. The Balaban J connectivity index is 2.24. The van der Waals surface area contributed by atoms with Crippen molar-refractivity contribution in [2.75, 3.05) is 5.32 Å². The number of aromatic nitrogens is 1. The first kappa shape index (κ1) is 11.2. The molecule has 0 radical (unpaired) electrons. The van der Waals surface area contributed by atoms with Crippen molar-refractivity contribution >= 4 is 33.8 Å². The van der Waals surface area contributed by atoms with E-state index in [4.69, 9.17) is 5.26 Å². The molecule has 0 aromatic carbocycles. The molecule has 2 atom stereocenters. The number of nitriles is 1. The molecule has 0 aliphatic carbocycles. The van der Waals surface area contributed by atoms with E-state index in [1.54, 1.807) is 0 Å². The van der Waals surface area contributed by atoms with Crippen LogP contribution in [0, 0.1) is 17.2 Å². The van der Waals surface area contributed by atoms with Gasteiger partial charge in [0, 0.05) is 4.88 Å². The molecule has 1 aliphatic heterocycles. The van der Waals surface area contributed by atoms with Gasteiger partial charge in [0.2, 0.25) is 5.91 Å². The van der Waals surface area contributed by atoms with Gasteiger partial charge in [-0.15, -0.1) is 11.3 Å². The molecule has 0 spiro atoms. The number of fused-ring (bicyclic) bond motifs is 1. The fourth-order valence-electron chi connectivity index (χ4n) is 2.10. The second-order valence-electron chi connectivity index (χ2n) is 3.87. The van der Waals surface area contributed by atoms with E-state index in [1.807, 2.05) is 23.6 Å². The molecule has 0 saturated carbocycles. The quantitative estimate of drug-likeness (QED) is 0.832. The zero-order valence-corrected chi connectivity index (χ0v) is 10.6. The highest BCUT2D eigenvalue weighted by molar-refractivity contribution is 7.11. The third-order valence-electron chi connectivity index (χ3n) is 2.89. The Morgan fingerprint density at radius 3 is 2.89 bits per heavy atom. The average molecular weight is 277 g/mol. The molecule has 1 aliphatic rings. The molecular weight excluding hydrogens is 270 g/mol. The first-order chi connectivity index (χ1) is 8.72. The standard InChI is InChI=1S/C11H7N3O2S2/c12-4-5-7(6-2-1-3-17-6)8-10(16)14-18-11(8)13-9(5)15/h1-3,5,7H,(H,13,15)(H,14,16). The third kappa shape index (κ3) is 1.50. The maximum atomic E-state index is 11.9. The Morgan fingerprint density at radius 1 is 1.39 bits per heavy atom. The van der Waals surface area contributed by atoms with Crippen LogP contribution in [0.3, 0.4) is 0 Å². The number of carbonyl (C=O) groups is 1. The minimum atomic E-state index is -0.855. The van der Waals surface area contributed by atoms with E-state index in [1.165, 1.54) is 11.3 Å². The zero-order valence-electron chi connectivity index (χ0n) is 8.97. The number of nitrogens with zero attached hydrogens (tertiary/aromatic N) is 1. The van der Waals surface area contributed by atoms with Crippen LogP contribution in [0.1, 0.15) is 16.4 Å². The summed E-state index contributed by atoms with van der Waals surface area (Å²) in [5.41, 5.74) is 0.266. The highest BCUT2D eigenvalue weighted by Gasteiger charge is 2.40. The summed E-state index contributed by atoms with van der Waals surface area (Å²) in [6.07, 6.45) is 0. The Kier molecular flexibility index (Phi) is 2.54. The smallest absolute Gasteiger partial charge is 0.264 e. The lowest BCUT2D eigenvalue weighted by atomic mass is 9.84. The number of aromatic amines is 1. The van der Waals surface area contributed by atoms with Crippen molar-refractivity contribution in [3.63, 3.8) is 0 Å². The maximum absolute atomic E-state index is 11.9. The monoisotopic (exact) mass is 277 g/mol. The second-order valence-corrected chi connectivity index (χ2v) is 5.66. The minimum Gasteiger partial charge on any atom is -0.315 e. The molecule has 0 fully saturated rings. The normalized spacial score (nSPS) is 22.1. The van der Waals surface area contributed by atoms with Crippen LogP contribution in [0.2, 0.25) is 0 Å². The van der Waals surface area contributed by atoms with Crippen LogP contribution in [0.5, 0.6) is 0 Å². The Hall–Kier alpha value is -1.91. The van der Waals surface area contributed by atoms with Gasteiger partial charge in [-0.25, -0.2) is 0 Å². The zero-order chi connectivity index (χ0) is 12.7. The number of anilines is 1. The van der Waals surface area contributed by atoms with Crippen LogP contribution in [0.25, 0.3) is 0 Å². The fraction of sp³-hybridized carbons (Fsp3) is 0.182. The van der Waals surface area contributed by atoms with Gasteiger partial charge in [-0.1, -0.05) is 6.07 Å². The second kappa shape index (κ2) is 4.08. The molecule has 7 heteroatoms. The van der Waals surface area contributed by atoms with Crippen LogP contribution in [0.4, 0.5) is 5.00 Å². The molecule has 3 heterocycles. The van der Waals surface area contributed by atoms with Gasteiger partial charge in [-0.2, -0.15) is 5.26 Å². The summed E-state index contributed by atoms with van der Waals surface area (Å²) >= 11 is 2.54. The number of H-pyrrole nitrogens is 1. The van der Waals surface area contributed by atoms with E-state index in [9.17, 15) is 9.59 Å². The minimum absolute atomic E-state index is 0.228. The van der Waals surface area contributed by atoms with Gasteiger partial charge < -0.3 is 5.32 Å². The van der Waals surface area contributed by atoms with Crippen LogP contribution >= 0.6 is 22.9 Å². The van der Waals surface area contributed by atoms with Crippen molar-refractivity contribution in [3.8, 4) is 6.07 Å². The summed E-state index contributed by atoms with van der Waals surface area (Å²) in [5, 5.41) is 14.2. The predicted molar refractivity (Wildman–Crippen MR) is 68.8 cm³/mol. The van der Waals surface area contributed by atoms with Crippen molar-refractivity contribution in [3.05, 3.63) is 38.3 Å². The van der Waals surface area contributed by atoms with Crippen molar-refractivity contribution in [2.45, 2.75) is 5.92 Å². The van der Waals surface area contributed by atoms with Crippen molar-refractivity contribution in [2.24, 2.45) is 5.92 Å². The molecule has 2 N–H and O–H groups in total. The number of amides is 1. The van der Waals surface area contributed by atoms with Crippen LogP contribution in [-0.4, -0.2) is 10.3 Å². The summed E-state index contributed by atoms with van der Waals surface area (Å²) < 4.78 is 2.60. The van der Waals surface area contributed by atoms with Gasteiger partial charge in [0.1, 0.15) is 10.9 Å². The molecule has 0 saturated heterocycles. The van der Waals surface area contributed by atoms with E-state index < -0.39 is 11.8 Å².